The number of benzene rings is 1. The zero-order chi connectivity index (χ0) is 19.2. The fourth-order valence-corrected chi connectivity index (χ4v) is 3.52. The Bertz CT molecular complexity index is 1030. The lowest BCUT2D eigenvalue weighted by Crippen LogP contribution is -2.13. The number of hydrogen-bond acceptors (Lipinski definition) is 5. The van der Waals surface area contributed by atoms with E-state index in [1.54, 1.807) is 12.1 Å². The Morgan fingerprint density at radius 2 is 2.15 bits per heavy atom. The van der Waals surface area contributed by atoms with Crippen LogP contribution in [-0.2, 0) is 11.2 Å². The van der Waals surface area contributed by atoms with Gasteiger partial charge in [-0.2, -0.15) is 5.26 Å². The van der Waals surface area contributed by atoms with Gasteiger partial charge in [-0.05, 0) is 36.8 Å². The lowest BCUT2D eigenvalue weighted by atomic mass is 10.2. The van der Waals surface area contributed by atoms with E-state index in [9.17, 15) is 10.1 Å². The van der Waals surface area contributed by atoms with Crippen molar-refractivity contribution in [1.82, 2.24) is 14.8 Å². The summed E-state index contributed by atoms with van der Waals surface area (Å²) in [6, 6.07) is 12.9. The molecule has 0 aliphatic rings. The highest BCUT2D eigenvalue weighted by molar-refractivity contribution is 7.15. The predicted octanol–water partition coefficient (Wildman–Crippen LogP) is 4.48. The first-order valence-corrected chi connectivity index (χ1v) is 9.49. The number of amides is 1. The number of hydrogen-bond donors (Lipinski definition) is 1. The van der Waals surface area contributed by atoms with Gasteiger partial charge in [0.1, 0.15) is 16.6 Å². The number of aryl methyl sites for hydroxylation is 1. The minimum absolute atomic E-state index is 0.0331. The molecule has 0 fully saturated rings. The van der Waals surface area contributed by atoms with Crippen molar-refractivity contribution in [2.75, 3.05) is 5.32 Å². The van der Waals surface area contributed by atoms with Gasteiger partial charge in [-0.3, -0.25) is 10.1 Å². The van der Waals surface area contributed by atoms with Gasteiger partial charge < -0.3 is 4.57 Å². The number of anilines is 1. The zero-order valence-corrected chi connectivity index (χ0v) is 16.1. The molecule has 2 heterocycles. The van der Waals surface area contributed by atoms with Crippen molar-refractivity contribution in [2.45, 2.75) is 19.8 Å². The number of nitriles is 1. The van der Waals surface area contributed by atoms with Crippen molar-refractivity contribution in [2.24, 2.45) is 0 Å². The molecule has 0 atom stereocenters. The molecule has 0 saturated heterocycles. The molecule has 0 unspecified atom stereocenters. The van der Waals surface area contributed by atoms with Crippen LogP contribution >= 0.6 is 22.9 Å². The molecule has 136 valence electrons. The molecule has 0 aliphatic carbocycles. The van der Waals surface area contributed by atoms with Crippen LogP contribution in [0.2, 0.25) is 5.02 Å². The SMILES string of the molecule is CCCc1nnc(NC(=O)C(C#N)=Cc2cccn2-c2ccccc2Cl)s1. The number of para-hydroxylation sites is 1. The first-order valence-electron chi connectivity index (χ1n) is 8.30. The van der Waals surface area contributed by atoms with E-state index in [1.165, 1.54) is 17.4 Å². The third-order valence-electron chi connectivity index (χ3n) is 3.70. The highest BCUT2D eigenvalue weighted by Gasteiger charge is 2.14. The molecule has 1 N–H and O–H groups in total. The van der Waals surface area contributed by atoms with Crippen LogP contribution in [0.15, 0.2) is 48.2 Å². The average molecular weight is 398 g/mol. The Morgan fingerprint density at radius 1 is 1.33 bits per heavy atom. The summed E-state index contributed by atoms with van der Waals surface area (Å²) in [7, 11) is 0. The van der Waals surface area contributed by atoms with E-state index in [1.807, 2.05) is 48.0 Å². The summed E-state index contributed by atoms with van der Waals surface area (Å²) in [5.41, 5.74) is 1.40. The summed E-state index contributed by atoms with van der Waals surface area (Å²) < 4.78 is 1.82. The number of halogens is 1. The van der Waals surface area contributed by atoms with Gasteiger partial charge in [0.25, 0.3) is 5.91 Å². The van der Waals surface area contributed by atoms with Crippen LogP contribution in [0, 0.1) is 11.3 Å². The zero-order valence-electron chi connectivity index (χ0n) is 14.5. The number of carbonyl (C=O) groups is 1. The fraction of sp³-hybridized carbons (Fsp3) is 0.158. The predicted molar refractivity (Wildman–Crippen MR) is 107 cm³/mol. The van der Waals surface area contributed by atoms with E-state index in [0.29, 0.717) is 15.8 Å². The minimum atomic E-state index is -0.524. The van der Waals surface area contributed by atoms with Gasteiger partial charge in [0.2, 0.25) is 5.13 Å². The van der Waals surface area contributed by atoms with Crippen LogP contribution in [0.3, 0.4) is 0 Å². The molecule has 0 saturated carbocycles. The van der Waals surface area contributed by atoms with E-state index in [2.05, 4.69) is 15.5 Å². The number of carbonyl (C=O) groups excluding carboxylic acids is 1. The van der Waals surface area contributed by atoms with Gasteiger partial charge in [0, 0.05) is 18.3 Å². The lowest BCUT2D eigenvalue weighted by Gasteiger charge is -2.09. The van der Waals surface area contributed by atoms with E-state index < -0.39 is 5.91 Å². The Balaban J connectivity index is 1.85. The van der Waals surface area contributed by atoms with Crippen molar-refractivity contribution in [3.05, 3.63) is 63.9 Å². The molecule has 2 aromatic heterocycles. The summed E-state index contributed by atoms with van der Waals surface area (Å²) in [6.45, 7) is 2.05. The smallest absolute Gasteiger partial charge is 0.268 e. The van der Waals surface area contributed by atoms with Crippen LogP contribution in [0.25, 0.3) is 11.8 Å². The summed E-state index contributed by atoms with van der Waals surface area (Å²) >= 11 is 7.57. The topological polar surface area (TPSA) is 83.6 Å². The second kappa shape index (κ2) is 8.62. The van der Waals surface area contributed by atoms with E-state index in [4.69, 9.17) is 11.6 Å². The standard InChI is InChI=1S/C19H16ClN5OS/c1-2-6-17-23-24-19(27-17)22-18(26)13(12-21)11-14-7-5-10-25(14)16-9-4-3-8-15(16)20/h3-5,7-11H,2,6H2,1H3,(H,22,24,26). The van der Waals surface area contributed by atoms with Gasteiger partial charge >= 0.3 is 0 Å². The van der Waals surface area contributed by atoms with Crippen LogP contribution in [0.5, 0.6) is 0 Å². The van der Waals surface area contributed by atoms with Crippen molar-refractivity contribution < 1.29 is 4.79 Å². The minimum Gasteiger partial charge on any atom is -0.316 e. The van der Waals surface area contributed by atoms with Gasteiger partial charge in [-0.15, -0.1) is 10.2 Å². The molecule has 3 aromatic rings. The van der Waals surface area contributed by atoms with Crippen molar-refractivity contribution in [3.8, 4) is 11.8 Å². The summed E-state index contributed by atoms with van der Waals surface area (Å²) in [5.74, 6) is -0.524. The fourth-order valence-electron chi connectivity index (χ4n) is 2.46. The maximum atomic E-state index is 12.5. The highest BCUT2D eigenvalue weighted by Crippen LogP contribution is 2.23. The van der Waals surface area contributed by atoms with E-state index in [-0.39, 0.29) is 5.57 Å². The maximum absolute atomic E-state index is 12.5. The third kappa shape index (κ3) is 4.42. The van der Waals surface area contributed by atoms with Crippen molar-refractivity contribution in [1.29, 1.82) is 5.26 Å². The summed E-state index contributed by atoms with van der Waals surface area (Å²) in [5, 5.41) is 21.8. The van der Waals surface area contributed by atoms with Gasteiger partial charge in [-0.1, -0.05) is 42.0 Å². The molecule has 3 rings (SSSR count). The number of nitrogens with zero attached hydrogens (tertiary/aromatic N) is 4. The molecule has 0 bridgehead atoms. The molecule has 27 heavy (non-hydrogen) atoms. The van der Waals surface area contributed by atoms with Gasteiger partial charge in [-0.25, -0.2) is 0 Å². The monoisotopic (exact) mass is 397 g/mol. The van der Waals surface area contributed by atoms with Gasteiger partial charge in [0.05, 0.1) is 10.7 Å². The molecule has 6 nitrogen and oxygen atoms in total. The Labute approximate surface area is 165 Å². The summed E-state index contributed by atoms with van der Waals surface area (Å²) in [6.07, 6.45) is 5.10. The second-order valence-corrected chi connectivity index (χ2v) is 7.10. The third-order valence-corrected chi connectivity index (χ3v) is 4.92. The maximum Gasteiger partial charge on any atom is 0.268 e. The Kier molecular flexibility index (Phi) is 6.01. The Morgan fingerprint density at radius 3 is 2.89 bits per heavy atom. The van der Waals surface area contributed by atoms with Crippen molar-refractivity contribution in [3.63, 3.8) is 0 Å². The first kappa shape index (κ1) is 18.8. The van der Waals surface area contributed by atoms with E-state index >= 15 is 0 Å². The molecular weight excluding hydrogens is 382 g/mol. The Hall–Kier alpha value is -2.95. The largest absolute Gasteiger partial charge is 0.316 e. The molecule has 0 aliphatic heterocycles. The average Bonchev–Trinajstić information content (AvgIpc) is 3.29. The lowest BCUT2D eigenvalue weighted by molar-refractivity contribution is -0.112. The molecule has 8 heteroatoms. The van der Waals surface area contributed by atoms with Crippen molar-refractivity contribution >= 4 is 40.1 Å². The second-order valence-electron chi connectivity index (χ2n) is 5.63. The van der Waals surface area contributed by atoms with E-state index in [0.717, 1.165) is 23.5 Å². The van der Waals surface area contributed by atoms with Gasteiger partial charge in [0.15, 0.2) is 0 Å². The van der Waals surface area contributed by atoms with Crippen LogP contribution in [0.1, 0.15) is 24.0 Å². The van der Waals surface area contributed by atoms with Crippen LogP contribution in [-0.4, -0.2) is 20.7 Å². The quantitative estimate of drug-likeness (QED) is 0.491. The number of nitrogens with one attached hydrogen (secondary N) is 1. The molecule has 1 amide bonds. The molecular formula is C19H16ClN5OS. The number of aromatic nitrogens is 3. The molecule has 1 aromatic carbocycles. The molecule has 0 spiro atoms. The van der Waals surface area contributed by atoms with Crippen LogP contribution < -0.4 is 5.32 Å². The highest BCUT2D eigenvalue weighted by atomic mass is 35.5. The normalized spacial score (nSPS) is 11.2. The summed E-state index contributed by atoms with van der Waals surface area (Å²) in [4.78, 5) is 12.5. The van der Waals surface area contributed by atoms with Crippen LogP contribution in [0.4, 0.5) is 5.13 Å². The number of rotatable bonds is 6. The molecule has 0 radical (unpaired) electrons. The first-order chi connectivity index (χ1) is 13.1.